The molecule has 15 heteroatoms. The van der Waals surface area contributed by atoms with Crippen LogP contribution in [0.1, 0.15) is 38.5 Å². The lowest BCUT2D eigenvalue weighted by Gasteiger charge is -2.49. The van der Waals surface area contributed by atoms with Gasteiger partial charge in [-0.05, 0) is 98.0 Å². The van der Waals surface area contributed by atoms with Crippen molar-refractivity contribution in [2.45, 2.75) is 49.7 Å². The van der Waals surface area contributed by atoms with Crippen molar-refractivity contribution in [1.29, 1.82) is 0 Å². The van der Waals surface area contributed by atoms with Crippen molar-refractivity contribution in [2.75, 3.05) is 39.3 Å². The lowest BCUT2D eigenvalue weighted by molar-refractivity contribution is -0.150. The highest BCUT2D eigenvalue weighted by Gasteiger charge is 2.53. The van der Waals surface area contributed by atoms with Crippen LogP contribution < -0.4 is 11.2 Å². The highest BCUT2D eigenvalue weighted by molar-refractivity contribution is 9.11. The van der Waals surface area contributed by atoms with Gasteiger partial charge in [-0.1, -0.05) is 51.8 Å². The zero-order valence-electron chi connectivity index (χ0n) is 25.6. The summed E-state index contributed by atoms with van der Waals surface area (Å²) in [6.07, 6.45) is 6.65. The molecule has 7 fully saturated rings. The van der Waals surface area contributed by atoms with E-state index >= 15 is 0 Å². The first kappa shape index (κ1) is 32.1. The van der Waals surface area contributed by atoms with Crippen molar-refractivity contribution >= 4 is 99.0 Å². The number of halogens is 3. The number of nitrogens with zero attached hydrogens (tertiary/aromatic N) is 6. The third-order valence-corrected chi connectivity index (χ3v) is 13.6. The summed E-state index contributed by atoms with van der Waals surface area (Å²) in [5.41, 5.74) is 10.5. The molecule has 0 radical (unpaired) electrons. The summed E-state index contributed by atoms with van der Waals surface area (Å²) in [4.78, 5) is 30.0. The third-order valence-electron chi connectivity index (χ3n) is 10.2. The highest BCUT2D eigenvalue weighted by Crippen LogP contribution is 2.44. The Kier molecular flexibility index (Phi) is 8.87. The molecule has 0 aliphatic carbocycles. The van der Waals surface area contributed by atoms with Crippen molar-refractivity contribution in [2.24, 2.45) is 27.7 Å². The number of hydrogen-bond acceptors (Lipinski definition) is 11. The summed E-state index contributed by atoms with van der Waals surface area (Å²) < 4.78 is 2.91. The van der Waals surface area contributed by atoms with Crippen LogP contribution in [0.5, 0.6) is 0 Å². The normalized spacial score (nSPS) is 32.7. The van der Waals surface area contributed by atoms with E-state index in [1.54, 1.807) is 11.3 Å². The van der Waals surface area contributed by atoms with Crippen LogP contribution in [0, 0.1) is 11.8 Å². The van der Waals surface area contributed by atoms with Crippen molar-refractivity contribution < 1.29 is 9.68 Å². The van der Waals surface area contributed by atoms with E-state index in [4.69, 9.17) is 38.6 Å². The summed E-state index contributed by atoms with van der Waals surface area (Å²) in [7, 11) is 0. The summed E-state index contributed by atoms with van der Waals surface area (Å²) in [6, 6.07) is 11.5. The van der Waals surface area contributed by atoms with E-state index in [-0.39, 0.29) is 11.2 Å². The molecule has 2 aromatic carbocycles. The molecule has 47 heavy (non-hydrogen) atoms. The molecule has 10 heterocycles. The van der Waals surface area contributed by atoms with Gasteiger partial charge in [0.05, 0.1) is 36.9 Å². The summed E-state index contributed by atoms with van der Waals surface area (Å²) in [5, 5.41) is 6.13. The Bertz CT molecular complexity index is 1850. The van der Waals surface area contributed by atoms with E-state index < -0.39 is 0 Å². The maximum atomic E-state index is 6.22. The van der Waals surface area contributed by atoms with E-state index in [1.165, 1.54) is 63.2 Å². The van der Waals surface area contributed by atoms with Crippen molar-refractivity contribution in [3.63, 3.8) is 0 Å². The van der Waals surface area contributed by atoms with Crippen molar-refractivity contribution in [1.82, 2.24) is 25.2 Å². The van der Waals surface area contributed by atoms with Gasteiger partial charge in [0.2, 0.25) is 5.13 Å². The number of rotatable bonds is 1. The van der Waals surface area contributed by atoms with Gasteiger partial charge in [0.15, 0.2) is 9.52 Å². The van der Waals surface area contributed by atoms with Gasteiger partial charge in [0, 0.05) is 25.4 Å². The van der Waals surface area contributed by atoms with Gasteiger partial charge < -0.3 is 15.5 Å². The lowest BCUT2D eigenvalue weighted by atomic mass is 9.74. The Hall–Kier alpha value is -2.10. The number of nitrogens with one attached hydrogen (secondary N) is 1. The summed E-state index contributed by atoms with van der Waals surface area (Å²) in [6.45, 7) is 6.92. The van der Waals surface area contributed by atoms with Gasteiger partial charge in [0.25, 0.3) is 0 Å². The SMILES string of the molecule is Clc1cccc2nc(Br)sc12.Clc1cccc2nc(N=C3C[C@@]4(CN5CCC4CC5)ON3)sc12.NC1=NO[C@@]2(C1)CN1CCC2CC1. The molecule has 0 unspecified atom stereocenters. The van der Waals surface area contributed by atoms with Gasteiger partial charge in [-0.2, -0.15) is 0 Å². The maximum absolute atomic E-state index is 6.22. The van der Waals surface area contributed by atoms with Crippen LogP contribution in [0.25, 0.3) is 20.4 Å². The molecule has 4 aromatic rings. The third kappa shape index (κ3) is 6.38. The molecule has 7 saturated heterocycles. The van der Waals surface area contributed by atoms with E-state index in [0.717, 1.165) is 71.3 Å². The number of aliphatic imine (C=N–C) groups is 1. The number of hydroxylamine groups is 1. The van der Waals surface area contributed by atoms with Crippen LogP contribution >= 0.6 is 61.8 Å². The monoisotopic (exact) mass is 776 g/mol. The average molecular weight is 779 g/mol. The number of hydrogen-bond donors (Lipinski definition) is 2. The molecule has 2 spiro atoms. The Morgan fingerprint density at radius 2 is 1.45 bits per heavy atom. The first-order valence-corrected chi connectivity index (χ1v) is 19.2. The number of thiazole rings is 2. The fraction of sp³-hybridized carbons (Fsp3) is 0.500. The molecule has 12 rings (SSSR count). The van der Waals surface area contributed by atoms with E-state index in [0.29, 0.717) is 17.7 Å². The highest BCUT2D eigenvalue weighted by atomic mass is 79.9. The van der Waals surface area contributed by atoms with Gasteiger partial charge in [-0.15, -0.1) is 11.3 Å². The molecule has 3 N–H and O–H groups in total. The van der Waals surface area contributed by atoms with Gasteiger partial charge in [0.1, 0.15) is 17.3 Å². The Labute approximate surface area is 299 Å². The first-order valence-electron chi connectivity index (χ1n) is 16.0. The zero-order chi connectivity index (χ0) is 32.2. The van der Waals surface area contributed by atoms with Crippen LogP contribution in [0.15, 0.2) is 50.5 Å². The molecule has 2 atom stereocenters. The topological polar surface area (TPSA) is 113 Å². The second-order valence-corrected chi connectivity index (χ2v) is 17.2. The number of benzene rings is 2. The molecular weight excluding hydrogens is 743 g/mol. The predicted octanol–water partition coefficient (Wildman–Crippen LogP) is 7.22. The minimum absolute atomic E-state index is 0.0411. The van der Waals surface area contributed by atoms with Crippen LogP contribution in [0.4, 0.5) is 5.13 Å². The number of fused-ring (bicyclic) bond motifs is 6. The lowest BCUT2D eigenvalue weighted by Crippen LogP contribution is -2.59. The quantitative estimate of drug-likeness (QED) is 0.208. The molecule has 8 aliphatic heterocycles. The van der Waals surface area contributed by atoms with E-state index in [9.17, 15) is 0 Å². The number of oxime groups is 1. The molecule has 10 nitrogen and oxygen atoms in total. The fourth-order valence-corrected chi connectivity index (χ4v) is 10.7. The number of aromatic nitrogens is 2. The molecule has 4 bridgehead atoms. The molecule has 8 aliphatic rings. The smallest absolute Gasteiger partial charge is 0.212 e. The largest absolute Gasteiger partial charge is 0.386 e. The van der Waals surface area contributed by atoms with Crippen LogP contribution in [-0.4, -0.2) is 81.9 Å². The predicted molar refractivity (Wildman–Crippen MR) is 194 cm³/mol. The second-order valence-electron chi connectivity index (χ2n) is 13.2. The van der Waals surface area contributed by atoms with E-state index in [1.807, 2.05) is 36.4 Å². The molecular formula is C32H35BrCl2N8O2S2. The minimum Gasteiger partial charge on any atom is -0.386 e. The molecule has 0 amide bonds. The minimum atomic E-state index is -0.0936. The van der Waals surface area contributed by atoms with Crippen LogP contribution in [0.3, 0.4) is 0 Å². The molecule has 2 aromatic heterocycles. The second kappa shape index (κ2) is 13.0. The standard InChI is InChI=1S/C16H17ClN4OS.C9H15N3O.C7H3BrClNS/c17-11-2-1-3-12-14(11)23-15(18-12)19-13-8-16(22-20-13)9-21-6-4-10(16)5-7-21;10-8-5-9(13-11-8)6-12-3-1-7(9)2-4-12;8-7-10-5-3-1-2-4(9)6(5)11-7/h1-3,10H,4-9H2,(H,18,19,20);7H,1-6H2,(H2,10,11);1-3H/t16-;9-;/m00./s1. The van der Waals surface area contributed by atoms with Crippen LogP contribution in [-0.2, 0) is 9.68 Å². The number of nitrogens with two attached hydrogens (primary N) is 1. The number of amidine groups is 2. The average Bonchev–Trinajstić information content (AvgIpc) is 3.86. The summed E-state index contributed by atoms with van der Waals surface area (Å²) >= 11 is 18.5. The Morgan fingerprint density at radius 3 is 1.98 bits per heavy atom. The molecule has 0 saturated carbocycles. The van der Waals surface area contributed by atoms with Gasteiger partial charge in [-0.25, -0.2) is 15.0 Å². The Morgan fingerprint density at radius 1 is 0.851 bits per heavy atom. The van der Waals surface area contributed by atoms with Crippen molar-refractivity contribution in [3.8, 4) is 0 Å². The van der Waals surface area contributed by atoms with Gasteiger partial charge in [-0.3, -0.25) is 15.2 Å². The first-order chi connectivity index (χ1) is 22.8. The van der Waals surface area contributed by atoms with E-state index in [2.05, 4.69) is 51.3 Å². The Balaban J connectivity index is 0.000000114. The molecule has 248 valence electrons. The maximum Gasteiger partial charge on any atom is 0.212 e. The summed E-state index contributed by atoms with van der Waals surface area (Å²) in [5.74, 6) is 2.88. The van der Waals surface area contributed by atoms with Crippen molar-refractivity contribution in [3.05, 3.63) is 50.4 Å². The number of piperidine rings is 6. The van der Waals surface area contributed by atoms with Gasteiger partial charge >= 0.3 is 0 Å². The fourth-order valence-electron chi connectivity index (χ4n) is 7.92. The van der Waals surface area contributed by atoms with Crippen LogP contribution in [0.2, 0.25) is 10.0 Å². The zero-order valence-corrected chi connectivity index (χ0v) is 30.4.